The highest BCUT2D eigenvalue weighted by Crippen LogP contribution is 2.44. The molecule has 1 N–H and O–H groups in total. The fourth-order valence-corrected chi connectivity index (χ4v) is 3.60. The molecule has 2 heterocycles. The van der Waals surface area contributed by atoms with Crippen LogP contribution in [0.5, 0.6) is 0 Å². The molecule has 0 amide bonds. The van der Waals surface area contributed by atoms with Gasteiger partial charge in [-0.2, -0.15) is 0 Å². The Hall–Kier alpha value is -0.570. The maximum Gasteiger partial charge on any atom is 0.321 e. The summed E-state index contributed by atoms with van der Waals surface area (Å²) in [5.41, 5.74) is 0. The molecule has 2 bridgehead atoms. The van der Waals surface area contributed by atoms with Gasteiger partial charge in [-0.15, -0.1) is 0 Å². The quantitative estimate of drug-likeness (QED) is 0.771. The van der Waals surface area contributed by atoms with Crippen molar-refractivity contribution in [1.29, 1.82) is 0 Å². The van der Waals surface area contributed by atoms with Crippen LogP contribution in [0.3, 0.4) is 0 Å². The van der Waals surface area contributed by atoms with Crippen LogP contribution in [0.2, 0.25) is 0 Å². The summed E-state index contributed by atoms with van der Waals surface area (Å²) in [5.74, 6) is -0.111. The van der Waals surface area contributed by atoms with E-state index in [1.165, 1.54) is 32.1 Å². The molecule has 2 aliphatic heterocycles. The molecule has 3 atom stereocenters. The molecule has 3 aliphatic rings. The van der Waals surface area contributed by atoms with Gasteiger partial charge in [-0.3, -0.25) is 9.69 Å². The van der Waals surface area contributed by atoms with E-state index in [2.05, 4.69) is 4.90 Å². The van der Waals surface area contributed by atoms with Crippen LogP contribution in [0, 0.1) is 5.92 Å². The number of carboxylic acids is 1. The van der Waals surface area contributed by atoms with Crippen LogP contribution in [0.15, 0.2) is 0 Å². The first-order chi connectivity index (χ1) is 7.27. The van der Waals surface area contributed by atoms with Gasteiger partial charge in [-0.1, -0.05) is 6.42 Å². The lowest BCUT2D eigenvalue weighted by atomic mass is 9.98. The predicted octanol–water partition coefficient (Wildman–Crippen LogP) is 1.87. The second-order valence-electron chi connectivity index (χ2n) is 5.38. The molecule has 0 radical (unpaired) electrons. The smallest absolute Gasteiger partial charge is 0.321 e. The van der Waals surface area contributed by atoms with Gasteiger partial charge in [-0.25, -0.2) is 0 Å². The van der Waals surface area contributed by atoms with E-state index in [0.29, 0.717) is 18.0 Å². The van der Waals surface area contributed by atoms with Crippen LogP contribution in [-0.4, -0.2) is 34.1 Å². The van der Waals surface area contributed by atoms with E-state index in [4.69, 9.17) is 0 Å². The van der Waals surface area contributed by atoms with Gasteiger partial charge in [0.25, 0.3) is 0 Å². The van der Waals surface area contributed by atoms with Crippen molar-refractivity contribution in [3.8, 4) is 0 Å². The van der Waals surface area contributed by atoms with Gasteiger partial charge in [0.2, 0.25) is 0 Å². The van der Waals surface area contributed by atoms with E-state index in [1.54, 1.807) is 0 Å². The van der Waals surface area contributed by atoms with E-state index in [-0.39, 0.29) is 6.04 Å². The Morgan fingerprint density at radius 3 is 2.13 bits per heavy atom. The zero-order valence-electron chi connectivity index (χ0n) is 9.06. The van der Waals surface area contributed by atoms with Crippen LogP contribution in [0.25, 0.3) is 0 Å². The Balaban J connectivity index is 1.81. The highest BCUT2D eigenvalue weighted by molar-refractivity contribution is 5.74. The average molecular weight is 209 g/mol. The number of hydrogen-bond acceptors (Lipinski definition) is 2. The number of nitrogens with zero attached hydrogens (tertiary/aromatic N) is 1. The van der Waals surface area contributed by atoms with E-state index < -0.39 is 5.97 Å². The molecule has 3 fully saturated rings. The van der Waals surface area contributed by atoms with Crippen molar-refractivity contribution in [3.05, 3.63) is 0 Å². The standard InChI is InChI=1S/C12H19NO2/c14-12(15)11(8-4-5-8)13-9-2-1-3-10(13)7-6-9/h8-11H,1-7H2,(H,14,15). The third kappa shape index (κ3) is 1.57. The van der Waals surface area contributed by atoms with Crippen LogP contribution in [0.1, 0.15) is 44.9 Å². The summed E-state index contributed by atoms with van der Waals surface area (Å²) in [6.07, 6.45) is 8.50. The fraction of sp³-hybridized carbons (Fsp3) is 0.917. The molecule has 1 saturated carbocycles. The Morgan fingerprint density at radius 1 is 1.07 bits per heavy atom. The number of hydrogen-bond donors (Lipinski definition) is 1. The fourth-order valence-electron chi connectivity index (χ4n) is 3.60. The number of carboxylic acid groups (broad SMARTS) is 1. The van der Waals surface area contributed by atoms with Crippen molar-refractivity contribution >= 4 is 5.97 Å². The summed E-state index contributed by atoms with van der Waals surface area (Å²) in [7, 11) is 0. The zero-order chi connectivity index (χ0) is 10.4. The molecule has 3 rings (SSSR count). The lowest BCUT2D eigenvalue weighted by molar-refractivity contribution is -0.146. The molecule has 0 aromatic carbocycles. The molecule has 2 saturated heterocycles. The monoisotopic (exact) mass is 209 g/mol. The number of aliphatic carboxylic acids is 1. The van der Waals surface area contributed by atoms with Crippen molar-refractivity contribution in [2.45, 2.75) is 63.1 Å². The Morgan fingerprint density at radius 2 is 1.67 bits per heavy atom. The number of piperidine rings is 1. The summed E-state index contributed by atoms with van der Waals surface area (Å²) in [5, 5.41) is 9.36. The van der Waals surface area contributed by atoms with E-state index >= 15 is 0 Å². The normalized spacial score (nSPS) is 37.9. The summed E-state index contributed by atoms with van der Waals surface area (Å²) < 4.78 is 0. The zero-order valence-corrected chi connectivity index (χ0v) is 9.06. The van der Waals surface area contributed by atoms with Gasteiger partial charge in [0.15, 0.2) is 0 Å². The first-order valence-corrected chi connectivity index (χ1v) is 6.27. The Labute approximate surface area is 90.5 Å². The molecule has 0 spiro atoms. The summed E-state index contributed by atoms with van der Waals surface area (Å²) in [6.45, 7) is 0. The summed E-state index contributed by atoms with van der Waals surface area (Å²) in [6, 6.07) is 1.03. The molecule has 3 nitrogen and oxygen atoms in total. The Bertz CT molecular complexity index is 259. The predicted molar refractivity (Wildman–Crippen MR) is 56.6 cm³/mol. The average Bonchev–Trinajstić information content (AvgIpc) is 2.95. The van der Waals surface area contributed by atoms with Crippen molar-refractivity contribution in [2.75, 3.05) is 0 Å². The van der Waals surface area contributed by atoms with Crippen molar-refractivity contribution in [1.82, 2.24) is 4.90 Å². The lowest BCUT2D eigenvalue weighted by Crippen LogP contribution is -2.51. The van der Waals surface area contributed by atoms with E-state index in [9.17, 15) is 9.90 Å². The third-order valence-corrected chi connectivity index (χ3v) is 4.39. The minimum atomic E-state index is -0.573. The van der Waals surface area contributed by atoms with Crippen LogP contribution in [-0.2, 0) is 4.79 Å². The van der Waals surface area contributed by atoms with Gasteiger partial charge in [0.05, 0.1) is 0 Å². The van der Waals surface area contributed by atoms with Gasteiger partial charge >= 0.3 is 5.97 Å². The number of fused-ring (bicyclic) bond motifs is 2. The highest BCUT2D eigenvalue weighted by Gasteiger charge is 2.48. The van der Waals surface area contributed by atoms with Gasteiger partial charge < -0.3 is 5.11 Å². The van der Waals surface area contributed by atoms with Crippen molar-refractivity contribution < 1.29 is 9.90 Å². The topological polar surface area (TPSA) is 40.5 Å². The largest absolute Gasteiger partial charge is 0.480 e. The first kappa shape index (κ1) is 9.64. The number of carbonyl (C=O) groups is 1. The number of rotatable bonds is 3. The SMILES string of the molecule is O=C(O)C(C1CC1)N1C2CCCC1CC2. The molecule has 3 heteroatoms. The molecular weight excluding hydrogens is 190 g/mol. The van der Waals surface area contributed by atoms with Crippen LogP contribution >= 0.6 is 0 Å². The summed E-state index contributed by atoms with van der Waals surface area (Å²) >= 11 is 0. The van der Waals surface area contributed by atoms with E-state index in [0.717, 1.165) is 12.8 Å². The lowest BCUT2D eigenvalue weighted by Gasteiger charge is -2.39. The van der Waals surface area contributed by atoms with Crippen LogP contribution < -0.4 is 0 Å². The summed E-state index contributed by atoms with van der Waals surface area (Å²) in [4.78, 5) is 13.7. The second-order valence-corrected chi connectivity index (χ2v) is 5.38. The van der Waals surface area contributed by atoms with Gasteiger partial charge in [-0.05, 0) is 44.4 Å². The maximum atomic E-state index is 11.4. The molecule has 0 aromatic heterocycles. The van der Waals surface area contributed by atoms with Gasteiger partial charge in [0.1, 0.15) is 6.04 Å². The third-order valence-electron chi connectivity index (χ3n) is 4.39. The highest BCUT2D eigenvalue weighted by atomic mass is 16.4. The Kier molecular flexibility index (Phi) is 2.23. The van der Waals surface area contributed by atoms with E-state index in [1.807, 2.05) is 0 Å². The van der Waals surface area contributed by atoms with Crippen molar-refractivity contribution in [2.24, 2.45) is 5.92 Å². The molecular formula is C12H19NO2. The minimum Gasteiger partial charge on any atom is -0.480 e. The van der Waals surface area contributed by atoms with Crippen LogP contribution in [0.4, 0.5) is 0 Å². The molecule has 84 valence electrons. The molecule has 15 heavy (non-hydrogen) atoms. The minimum absolute atomic E-state index is 0.150. The first-order valence-electron chi connectivity index (χ1n) is 6.27. The molecule has 1 aliphatic carbocycles. The van der Waals surface area contributed by atoms with Crippen molar-refractivity contribution in [3.63, 3.8) is 0 Å². The maximum absolute atomic E-state index is 11.4. The second kappa shape index (κ2) is 3.48. The molecule has 3 unspecified atom stereocenters. The molecule has 0 aromatic rings. The van der Waals surface area contributed by atoms with Gasteiger partial charge in [0, 0.05) is 12.1 Å².